The van der Waals surface area contributed by atoms with Crippen LogP contribution in [0.3, 0.4) is 0 Å². The quantitative estimate of drug-likeness (QED) is 0.486. The van der Waals surface area contributed by atoms with Crippen LogP contribution in [0.25, 0.3) is 21.9 Å². The number of ether oxygens (including phenoxy) is 2. The van der Waals surface area contributed by atoms with Gasteiger partial charge in [-0.25, -0.2) is 18.4 Å². The lowest BCUT2D eigenvalue weighted by molar-refractivity contribution is -0.0172. The number of likely N-dealkylation sites (tertiary alicyclic amines) is 1. The molecule has 2 fully saturated rings. The highest BCUT2D eigenvalue weighted by molar-refractivity contribution is 7.91. The van der Waals surface area contributed by atoms with Crippen molar-refractivity contribution in [1.29, 1.82) is 0 Å². The molecule has 0 spiro atoms. The molecular formula is C25H34N4O4S. The Bertz CT molecular complexity index is 1220. The maximum absolute atomic E-state index is 13.3. The predicted octanol–water partition coefficient (Wildman–Crippen LogP) is 3.64. The zero-order chi connectivity index (χ0) is 23.5. The predicted molar refractivity (Wildman–Crippen MR) is 133 cm³/mol. The van der Waals surface area contributed by atoms with Crippen molar-refractivity contribution in [2.45, 2.75) is 55.8 Å². The topological polar surface area (TPSA) is 97.4 Å². The maximum atomic E-state index is 13.3. The summed E-state index contributed by atoms with van der Waals surface area (Å²) in [5, 5.41) is 1.97. The zero-order valence-corrected chi connectivity index (χ0v) is 20.6. The molecule has 9 heteroatoms. The first-order valence-corrected chi connectivity index (χ1v) is 14.0. The van der Waals surface area contributed by atoms with Gasteiger partial charge in [-0.3, -0.25) is 4.90 Å². The molecule has 1 aliphatic carbocycles. The Labute approximate surface area is 201 Å². The summed E-state index contributed by atoms with van der Waals surface area (Å²) in [5.41, 5.74) is 3.04. The zero-order valence-electron chi connectivity index (χ0n) is 19.8. The summed E-state index contributed by atoms with van der Waals surface area (Å²) in [7, 11) is -1.53. The monoisotopic (exact) mass is 486 g/mol. The fourth-order valence-corrected chi connectivity index (χ4v) is 7.63. The van der Waals surface area contributed by atoms with Gasteiger partial charge in [-0.1, -0.05) is 0 Å². The van der Waals surface area contributed by atoms with Gasteiger partial charge in [0.15, 0.2) is 15.5 Å². The summed E-state index contributed by atoms with van der Waals surface area (Å²) in [5.74, 6) is 0.485. The summed E-state index contributed by atoms with van der Waals surface area (Å²) >= 11 is 0. The number of hydrogen-bond donors (Lipinski definition) is 1. The third-order valence-electron chi connectivity index (χ3n) is 7.41. The van der Waals surface area contributed by atoms with Crippen LogP contribution in [0.4, 0.5) is 0 Å². The number of piperidine rings is 1. The molecule has 0 bridgehead atoms. The van der Waals surface area contributed by atoms with E-state index < -0.39 is 9.84 Å². The number of fused-ring (bicyclic) bond motifs is 3. The van der Waals surface area contributed by atoms with Crippen molar-refractivity contribution < 1.29 is 17.9 Å². The first-order chi connectivity index (χ1) is 16.5. The minimum Gasteiger partial charge on any atom is -0.382 e. The molecule has 1 saturated carbocycles. The summed E-state index contributed by atoms with van der Waals surface area (Å²) in [4.78, 5) is 14.2. The Morgan fingerprint density at radius 1 is 1.12 bits per heavy atom. The second-order valence-electron chi connectivity index (χ2n) is 9.63. The Hall–Kier alpha value is -2.07. The van der Waals surface area contributed by atoms with Crippen LogP contribution in [0.15, 0.2) is 30.7 Å². The third-order valence-corrected chi connectivity index (χ3v) is 9.62. The van der Waals surface area contributed by atoms with E-state index in [1.165, 1.54) is 10.9 Å². The van der Waals surface area contributed by atoms with Crippen LogP contribution in [0.2, 0.25) is 0 Å². The van der Waals surface area contributed by atoms with Gasteiger partial charge < -0.3 is 14.5 Å². The third kappa shape index (κ3) is 4.98. The van der Waals surface area contributed by atoms with Gasteiger partial charge in [-0.2, -0.15) is 0 Å². The van der Waals surface area contributed by atoms with Gasteiger partial charge in [0.05, 0.1) is 36.3 Å². The van der Waals surface area contributed by atoms with Crippen molar-refractivity contribution in [3.8, 4) is 0 Å². The maximum Gasteiger partial charge on any atom is 0.166 e. The molecule has 1 atom stereocenters. The van der Waals surface area contributed by atoms with Crippen LogP contribution in [-0.2, 0) is 19.3 Å². The molecule has 34 heavy (non-hydrogen) atoms. The van der Waals surface area contributed by atoms with Crippen molar-refractivity contribution >= 4 is 31.8 Å². The molecule has 3 aromatic heterocycles. The highest BCUT2D eigenvalue weighted by Crippen LogP contribution is 2.39. The second-order valence-corrected chi connectivity index (χ2v) is 11.9. The van der Waals surface area contributed by atoms with Crippen molar-refractivity contribution in [2.24, 2.45) is 0 Å². The lowest BCUT2D eigenvalue weighted by atomic mass is 9.82. The van der Waals surface area contributed by atoms with Crippen molar-refractivity contribution in [3.63, 3.8) is 0 Å². The normalized spacial score (nSPS) is 24.7. The van der Waals surface area contributed by atoms with E-state index in [-0.39, 0.29) is 17.2 Å². The van der Waals surface area contributed by atoms with Crippen LogP contribution < -0.4 is 0 Å². The smallest absolute Gasteiger partial charge is 0.166 e. The number of H-pyrrole nitrogens is 1. The number of sulfone groups is 1. The van der Waals surface area contributed by atoms with E-state index in [0.717, 1.165) is 48.8 Å². The van der Waals surface area contributed by atoms with Crippen LogP contribution in [0, 0.1) is 0 Å². The van der Waals surface area contributed by atoms with E-state index in [1.54, 1.807) is 13.3 Å². The van der Waals surface area contributed by atoms with E-state index in [2.05, 4.69) is 25.9 Å². The van der Waals surface area contributed by atoms with Gasteiger partial charge in [0.25, 0.3) is 0 Å². The number of pyridine rings is 2. The van der Waals surface area contributed by atoms with Crippen molar-refractivity contribution in [2.75, 3.05) is 39.3 Å². The molecule has 1 saturated heterocycles. The van der Waals surface area contributed by atoms with Crippen LogP contribution in [0.5, 0.6) is 0 Å². The lowest BCUT2D eigenvalue weighted by Gasteiger charge is -2.34. The molecule has 0 aromatic carbocycles. The molecule has 184 valence electrons. The SMILES string of the molecule is COCCOC1CCCN(CS(=O)(=O)C2CCC(c3cc[nH]c4cnc5nccc5c34)CC2)C1. The number of rotatable bonds is 8. The average Bonchev–Trinajstić information content (AvgIpc) is 3.33. The molecule has 1 N–H and O–H groups in total. The highest BCUT2D eigenvalue weighted by Gasteiger charge is 2.34. The standard InChI is InChI=1S/C25H34N4O4S/c1-32-13-14-33-19-3-2-12-29(16-19)17-34(30,31)20-6-4-18(5-7-20)21-8-10-26-23-15-28-25-22(24(21)23)9-11-27-25/h8-11,15,18-20,26H,2-7,12-14,16-17H2,1H3. The van der Waals surface area contributed by atoms with Crippen LogP contribution >= 0.6 is 0 Å². The summed E-state index contributed by atoms with van der Waals surface area (Å²) in [6.45, 7) is 2.63. The molecule has 3 aromatic rings. The molecule has 0 radical (unpaired) electrons. The Morgan fingerprint density at radius 2 is 1.97 bits per heavy atom. The first kappa shape index (κ1) is 23.7. The minimum absolute atomic E-state index is 0.0926. The second kappa shape index (κ2) is 10.3. The van der Waals surface area contributed by atoms with Gasteiger partial charge in [0.1, 0.15) is 5.88 Å². The minimum atomic E-state index is -3.19. The number of nitrogens with one attached hydrogen (secondary N) is 1. The van der Waals surface area contributed by atoms with E-state index in [9.17, 15) is 8.42 Å². The fourth-order valence-electron chi connectivity index (χ4n) is 5.68. The number of methoxy groups -OCH3 is 1. The summed E-state index contributed by atoms with van der Waals surface area (Å²) in [6.07, 6.45) is 10.8. The number of nitrogens with zero attached hydrogens (tertiary/aromatic N) is 3. The van der Waals surface area contributed by atoms with Gasteiger partial charge in [0, 0.05) is 36.8 Å². The Kier molecular flexibility index (Phi) is 7.15. The lowest BCUT2D eigenvalue weighted by Crippen LogP contribution is -2.44. The average molecular weight is 487 g/mol. The van der Waals surface area contributed by atoms with Gasteiger partial charge in [-0.05, 0) is 68.7 Å². The summed E-state index contributed by atoms with van der Waals surface area (Å²) in [6, 6.07) is 4.16. The molecular weight excluding hydrogens is 452 g/mol. The fraction of sp³-hybridized carbons (Fsp3) is 0.600. The Balaban J connectivity index is 1.23. The molecule has 1 aliphatic heterocycles. The first-order valence-electron chi connectivity index (χ1n) is 12.3. The largest absolute Gasteiger partial charge is 0.382 e. The molecule has 8 nitrogen and oxygen atoms in total. The van der Waals surface area contributed by atoms with E-state index in [1.807, 2.05) is 18.5 Å². The van der Waals surface area contributed by atoms with E-state index >= 15 is 0 Å². The molecule has 5 rings (SSSR count). The Morgan fingerprint density at radius 3 is 2.79 bits per heavy atom. The molecule has 1 unspecified atom stereocenters. The highest BCUT2D eigenvalue weighted by atomic mass is 32.2. The van der Waals surface area contributed by atoms with Crippen molar-refractivity contribution in [1.82, 2.24) is 19.9 Å². The van der Waals surface area contributed by atoms with Gasteiger partial charge in [0.2, 0.25) is 0 Å². The number of aromatic amines is 1. The van der Waals surface area contributed by atoms with Crippen LogP contribution in [0.1, 0.15) is 50.0 Å². The number of aromatic nitrogens is 3. The van der Waals surface area contributed by atoms with Crippen molar-refractivity contribution in [3.05, 3.63) is 36.3 Å². The summed E-state index contributed by atoms with van der Waals surface area (Å²) < 4.78 is 37.5. The van der Waals surface area contributed by atoms with E-state index in [4.69, 9.17) is 9.47 Å². The molecule has 2 aliphatic rings. The molecule has 0 amide bonds. The molecule has 4 heterocycles. The number of hydrogen-bond acceptors (Lipinski definition) is 7. The van der Waals surface area contributed by atoms with Crippen LogP contribution in [-0.4, -0.2) is 78.9 Å². The van der Waals surface area contributed by atoms with E-state index in [0.29, 0.717) is 38.5 Å². The van der Waals surface area contributed by atoms with Gasteiger partial charge in [-0.15, -0.1) is 0 Å². The van der Waals surface area contributed by atoms with Gasteiger partial charge >= 0.3 is 0 Å².